The smallest absolute Gasteiger partial charge is 0.255 e. The van der Waals surface area contributed by atoms with E-state index in [1.54, 1.807) is 18.2 Å². The highest BCUT2D eigenvalue weighted by Crippen LogP contribution is 2.34. The number of rotatable bonds is 6. The van der Waals surface area contributed by atoms with Crippen molar-refractivity contribution in [1.82, 2.24) is 15.1 Å². The minimum absolute atomic E-state index is 0.0945. The van der Waals surface area contributed by atoms with E-state index in [4.69, 9.17) is 15.0 Å². The van der Waals surface area contributed by atoms with Gasteiger partial charge >= 0.3 is 0 Å². The highest BCUT2D eigenvalue weighted by Gasteiger charge is 2.39. The first kappa shape index (κ1) is 17.8. The quantitative estimate of drug-likeness (QED) is 0.708. The Kier molecular flexibility index (Phi) is 4.86. The lowest BCUT2D eigenvalue weighted by molar-refractivity contribution is -0.143. The number of fused-ring (bicyclic) bond motifs is 1. The van der Waals surface area contributed by atoms with Gasteiger partial charge in [-0.2, -0.15) is 0 Å². The Morgan fingerprint density at radius 2 is 2.06 bits per heavy atom. The first-order valence-corrected chi connectivity index (χ1v) is 11.1. The number of nitrogens with one attached hydrogen (secondary N) is 1. The van der Waals surface area contributed by atoms with E-state index in [1.165, 1.54) is 23.1 Å². The molecular weight excluding hydrogens is 434 g/mol. The Morgan fingerprint density at radius 3 is 2.85 bits per heavy atom. The van der Waals surface area contributed by atoms with Gasteiger partial charge in [-0.3, -0.25) is 14.4 Å². The van der Waals surface area contributed by atoms with Gasteiger partial charge in [-0.05, 0) is 36.1 Å². The number of hydrogen-bond donors (Lipinski definition) is 1. The number of nitrogens with zero attached hydrogens (tertiary/aromatic N) is 2. The Labute approximate surface area is 203 Å². The van der Waals surface area contributed by atoms with Crippen LogP contribution in [0.15, 0.2) is 54.7 Å². The molecule has 0 saturated carbocycles. The van der Waals surface area contributed by atoms with Gasteiger partial charge in [-0.1, -0.05) is 36.9 Å². The van der Waals surface area contributed by atoms with E-state index in [-0.39, 0.29) is 55.3 Å². The standard InChI is InChI=1S/C26H27N3O5/c1-17-5-10-22(25(31)27-17)29-14-21-20(26(29)32)3-2-4-23(21)34-15-19-8-6-18(7-9-19)13-28-11-12-33-16-24(28)30/h2-4,6-9,22H,1,5,10-16H2,(H,27,31)/i8D,13D2,15D. The van der Waals surface area contributed by atoms with Crippen LogP contribution in [0, 0.1) is 0 Å². The van der Waals surface area contributed by atoms with Crippen LogP contribution in [0.25, 0.3) is 0 Å². The summed E-state index contributed by atoms with van der Waals surface area (Å²) < 4.78 is 44.9. The van der Waals surface area contributed by atoms with E-state index < -0.39 is 25.0 Å². The van der Waals surface area contributed by atoms with Gasteiger partial charge in [0.15, 0.2) is 0 Å². The molecule has 2 aromatic carbocycles. The lowest BCUT2D eigenvalue weighted by atomic mass is 10.0. The number of benzene rings is 2. The number of carbonyl (C=O) groups is 3. The summed E-state index contributed by atoms with van der Waals surface area (Å²) in [6.07, 6.45) is 1.05. The van der Waals surface area contributed by atoms with Crippen molar-refractivity contribution in [3.05, 3.63) is 77.0 Å². The first-order valence-electron chi connectivity index (χ1n) is 13.2. The van der Waals surface area contributed by atoms with Crippen LogP contribution in [0.5, 0.6) is 5.75 Å². The van der Waals surface area contributed by atoms with Crippen LogP contribution in [-0.2, 0) is 34.0 Å². The molecule has 3 aliphatic rings. The summed E-state index contributed by atoms with van der Waals surface area (Å²) in [5.74, 6) is -0.738. The molecule has 3 amide bonds. The maximum atomic E-state index is 13.1. The molecule has 3 heterocycles. The summed E-state index contributed by atoms with van der Waals surface area (Å²) in [6, 6.07) is 8.37. The predicted octanol–water partition coefficient (Wildman–Crippen LogP) is 2.37. The molecule has 8 nitrogen and oxygen atoms in total. The average molecular weight is 466 g/mol. The maximum Gasteiger partial charge on any atom is 0.255 e. The summed E-state index contributed by atoms with van der Waals surface area (Å²) in [7, 11) is 0. The zero-order valence-electron chi connectivity index (χ0n) is 22.5. The van der Waals surface area contributed by atoms with E-state index in [2.05, 4.69) is 11.9 Å². The fraction of sp³-hybridized carbons (Fsp3) is 0.346. The molecule has 176 valence electrons. The van der Waals surface area contributed by atoms with E-state index in [0.717, 1.165) is 4.90 Å². The van der Waals surface area contributed by atoms with Crippen molar-refractivity contribution >= 4 is 17.7 Å². The molecular formula is C26H27N3O5. The maximum absolute atomic E-state index is 13.1. The number of allylic oxidation sites excluding steroid dienone is 1. The Balaban J connectivity index is 1.34. The fourth-order valence-electron chi connectivity index (χ4n) is 4.25. The van der Waals surface area contributed by atoms with Gasteiger partial charge in [-0.25, -0.2) is 0 Å². The highest BCUT2D eigenvalue weighted by atomic mass is 16.5. The predicted molar refractivity (Wildman–Crippen MR) is 124 cm³/mol. The van der Waals surface area contributed by atoms with E-state index >= 15 is 0 Å². The van der Waals surface area contributed by atoms with Crippen LogP contribution in [0.3, 0.4) is 0 Å². The number of piperidine rings is 1. The molecule has 2 aromatic rings. The summed E-state index contributed by atoms with van der Waals surface area (Å²) in [5, 5.41) is 2.70. The monoisotopic (exact) mass is 465 g/mol. The van der Waals surface area contributed by atoms with E-state index in [9.17, 15) is 14.4 Å². The minimum atomic E-state index is -2.14. The second-order valence-corrected chi connectivity index (χ2v) is 8.34. The number of carbonyl (C=O) groups excluding carboxylic acids is 3. The molecule has 0 bridgehead atoms. The van der Waals surface area contributed by atoms with Crippen molar-refractivity contribution in [2.24, 2.45) is 0 Å². The van der Waals surface area contributed by atoms with Crippen LogP contribution >= 0.6 is 0 Å². The molecule has 0 spiro atoms. The Hall–Kier alpha value is -3.65. The zero-order valence-corrected chi connectivity index (χ0v) is 18.5. The van der Waals surface area contributed by atoms with Gasteiger partial charge in [0.05, 0.1) is 18.6 Å². The molecule has 2 atom stereocenters. The van der Waals surface area contributed by atoms with Crippen molar-refractivity contribution in [2.45, 2.75) is 38.5 Å². The number of amides is 3. The first-order chi connectivity index (χ1) is 18.1. The number of hydrogen-bond acceptors (Lipinski definition) is 5. The van der Waals surface area contributed by atoms with Gasteiger partial charge in [0.1, 0.15) is 25.0 Å². The van der Waals surface area contributed by atoms with Crippen molar-refractivity contribution < 1.29 is 29.3 Å². The molecule has 0 aromatic heterocycles. The molecule has 34 heavy (non-hydrogen) atoms. The van der Waals surface area contributed by atoms with Crippen molar-refractivity contribution in [1.29, 1.82) is 0 Å². The van der Waals surface area contributed by atoms with Crippen LogP contribution in [-0.4, -0.2) is 53.3 Å². The van der Waals surface area contributed by atoms with Crippen molar-refractivity contribution in [3.63, 3.8) is 0 Å². The molecule has 2 saturated heterocycles. The molecule has 2 fully saturated rings. The normalized spacial score (nSPS) is 23.5. The van der Waals surface area contributed by atoms with Crippen molar-refractivity contribution in [2.75, 3.05) is 19.8 Å². The molecule has 0 radical (unpaired) electrons. The van der Waals surface area contributed by atoms with Crippen molar-refractivity contribution in [3.8, 4) is 5.75 Å². The molecule has 2 unspecified atom stereocenters. The van der Waals surface area contributed by atoms with Gasteiger partial charge in [0, 0.05) is 29.9 Å². The SMILES string of the molecule is [2H]c1cc(C([2H])([2H])N2CCOCC2=O)ccc1C([2H])Oc1cccc2c1CN(C1CCC(=C)NC1=O)C2=O. The second-order valence-electron chi connectivity index (χ2n) is 8.34. The molecule has 0 aliphatic carbocycles. The summed E-state index contributed by atoms with van der Waals surface area (Å²) >= 11 is 0. The van der Waals surface area contributed by atoms with Gasteiger partial charge < -0.3 is 24.6 Å². The van der Waals surface area contributed by atoms with Gasteiger partial charge in [0.25, 0.3) is 5.91 Å². The van der Waals surface area contributed by atoms with Crippen LogP contribution in [0.1, 0.15) is 45.4 Å². The summed E-state index contributed by atoms with van der Waals surface area (Å²) in [4.78, 5) is 40.3. The largest absolute Gasteiger partial charge is 0.489 e. The third-order valence-electron chi connectivity index (χ3n) is 6.05. The molecule has 3 aliphatic heterocycles. The third kappa shape index (κ3) is 4.41. The minimum Gasteiger partial charge on any atom is -0.489 e. The topological polar surface area (TPSA) is 88.2 Å². The van der Waals surface area contributed by atoms with Gasteiger partial charge in [-0.15, -0.1) is 0 Å². The van der Waals surface area contributed by atoms with Crippen LogP contribution in [0.2, 0.25) is 0 Å². The lowest BCUT2D eigenvalue weighted by Gasteiger charge is -2.31. The zero-order chi connectivity index (χ0) is 27.2. The Bertz CT molecular complexity index is 1330. The molecule has 5 rings (SSSR count). The van der Waals surface area contributed by atoms with Crippen LogP contribution < -0.4 is 10.1 Å². The third-order valence-corrected chi connectivity index (χ3v) is 6.05. The Morgan fingerprint density at radius 1 is 1.21 bits per heavy atom. The average Bonchev–Trinajstić information content (AvgIpc) is 3.21. The molecule has 8 heteroatoms. The lowest BCUT2D eigenvalue weighted by Crippen LogP contribution is -2.49. The fourth-order valence-corrected chi connectivity index (χ4v) is 4.25. The van der Waals surface area contributed by atoms with Gasteiger partial charge in [0.2, 0.25) is 11.8 Å². The molecule has 1 N–H and O–H groups in total. The van der Waals surface area contributed by atoms with E-state index in [0.29, 0.717) is 35.4 Å². The number of morpholine rings is 1. The number of ether oxygens (including phenoxy) is 2. The van der Waals surface area contributed by atoms with Crippen LogP contribution in [0.4, 0.5) is 0 Å². The highest BCUT2D eigenvalue weighted by molar-refractivity contribution is 6.02. The summed E-state index contributed by atoms with van der Waals surface area (Å²) in [5.41, 5.74) is 1.90. The second kappa shape index (κ2) is 9.30. The summed E-state index contributed by atoms with van der Waals surface area (Å²) in [6.45, 7) is 0.580. The van der Waals surface area contributed by atoms with E-state index in [1.807, 2.05) is 0 Å².